The van der Waals surface area contributed by atoms with E-state index in [1.54, 1.807) is 59.6 Å². The standard InChI is InChI=1S/C27H24F3N7O/c28-27(29,30)25-24-22(36-14-20(33-15-36)17-4-3-11-32-13-17)7-2-8-23(24)37(35-25)21-10-9-16(26(31)38)12-19(21)34-18-5-1-6-18/h2-4,7-11,13-15,18-19,34H,1,5-6,12H2,(H2,31,38). The molecule has 2 aliphatic carbocycles. The number of nitrogens with one attached hydrogen (secondary N) is 1. The van der Waals surface area contributed by atoms with Crippen molar-refractivity contribution in [3.63, 3.8) is 0 Å². The van der Waals surface area contributed by atoms with Crippen molar-refractivity contribution in [3.8, 4) is 16.9 Å². The summed E-state index contributed by atoms with van der Waals surface area (Å²) in [6.45, 7) is 0. The van der Waals surface area contributed by atoms with Gasteiger partial charge in [0, 0.05) is 35.8 Å². The molecular weight excluding hydrogens is 495 g/mol. The minimum Gasteiger partial charge on any atom is -0.366 e. The smallest absolute Gasteiger partial charge is 0.366 e. The number of rotatable bonds is 6. The second-order valence-corrected chi connectivity index (χ2v) is 9.54. The Hall–Kier alpha value is -4.25. The number of halogens is 3. The lowest BCUT2D eigenvalue weighted by Crippen LogP contribution is -2.45. The number of primary amides is 1. The summed E-state index contributed by atoms with van der Waals surface area (Å²) in [7, 11) is 0. The quantitative estimate of drug-likeness (QED) is 0.391. The molecule has 1 aromatic carbocycles. The van der Waals surface area contributed by atoms with E-state index >= 15 is 0 Å². The first kappa shape index (κ1) is 24.1. The van der Waals surface area contributed by atoms with Gasteiger partial charge < -0.3 is 15.6 Å². The molecule has 8 nitrogen and oxygen atoms in total. The van der Waals surface area contributed by atoms with E-state index in [4.69, 9.17) is 5.73 Å². The van der Waals surface area contributed by atoms with E-state index in [1.165, 1.54) is 11.0 Å². The minimum atomic E-state index is -4.70. The van der Waals surface area contributed by atoms with Crippen LogP contribution < -0.4 is 11.1 Å². The van der Waals surface area contributed by atoms with Crippen LogP contribution in [-0.4, -0.2) is 42.3 Å². The maximum atomic E-state index is 14.4. The number of imidazole rings is 1. The second-order valence-electron chi connectivity index (χ2n) is 9.54. The van der Waals surface area contributed by atoms with Crippen molar-refractivity contribution >= 4 is 22.5 Å². The molecule has 38 heavy (non-hydrogen) atoms. The Labute approximate surface area is 215 Å². The lowest BCUT2D eigenvalue weighted by atomic mass is 9.89. The largest absolute Gasteiger partial charge is 0.435 e. The Morgan fingerprint density at radius 2 is 1.97 bits per heavy atom. The molecule has 0 spiro atoms. The van der Waals surface area contributed by atoms with Crippen molar-refractivity contribution in [1.29, 1.82) is 0 Å². The summed E-state index contributed by atoms with van der Waals surface area (Å²) >= 11 is 0. The highest BCUT2D eigenvalue weighted by molar-refractivity contribution is 5.95. The van der Waals surface area contributed by atoms with Gasteiger partial charge in [-0.15, -0.1) is 0 Å². The van der Waals surface area contributed by atoms with E-state index < -0.39 is 23.8 Å². The fourth-order valence-corrected chi connectivity index (χ4v) is 4.98. The summed E-state index contributed by atoms with van der Waals surface area (Å²) in [6, 6.07) is 8.35. The molecule has 0 aliphatic heterocycles. The average molecular weight is 520 g/mol. The summed E-state index contributed by atoms with van der Waals surface area (Å²) in [5.41, 5.74) is 7.41. The number of allylic oxidation sites excluding steroid dienone is 2. The van der Waals surface area contributed by atoms with E-state index in [-0.39, 0.29) is 17.8 Å². The van der Waals surface area contributed by atoms with E-state index in [2.05, 4.69) is 20.4 Å². The predicted octanol–water partition coefficient (Wildman–Crippen LogP) is 4.47. The van der Waals surface area contributed by atoms with Crippen LogP contribution in [-0.2, 0) is 11.0 Å². The zero-order chi connectivity index (χ0) is 26.4. The molecule has 6 rings (SSSR count). The van der Waals surface area contributed by atoms with E-state index in [0.717, 1.165) is 24.8 Å². The van der Waals surface area contributed by atoms with Gasteiger partial charge in [0.25, 0.3) is 0 Å². The molecular formula is C27H24F3N7O. The van der Waals surface area contributed by atoms with Crippen molar-refractivity contribution < 1.29 is 18.0 Å². The predicted molar refractivity (Wildman–Crippen MR) is 136 cm³/mol. The maximum absolute atomic E-state index is 14.4. The molecule has 1 atom stereocenters. The van der Waals surface area contributed by atoms with Crippen LogP contribution in [0.15, 0.2) is 73.0 Å². The number of carbonyl (C=O) groups excluding carboxylic acids is 1. The number of amides is 1. The molecule has 3 heterocycles. The maximum Gasteiger partial charge on any atom is 0.435 e. The Kier molecular flexibility index (Phi) is 5.87. The Bertz CT molecular complexity index is 1580. The average Bonchev–Trinajstić information content (AvgIpc) is 3.52. The summed E-state index contributed by atoms with van der Waals surface area (Å²) in [6.07, 6.45) is 8.24. The van der Waals surface area contributed by atoms with E-state index in [1.807, 2.05) is 6.07 Å². The molecule has 11 heteroatoms. The fourth-order valence-electron chi connectivity index (χ4n) is 4.98. The molecule has 0 saturated heterocycles. The monoisotopic (exact) mass is 519 g/mol. The normalized spacial score (nSPS) is 18.2. The highest BCUT2D eigenvalue weighted by Crippen LogP contribution is 2.39. The van der Waals surface area contributed by atoms with Gasteiger partial charge in [-0.3, -0.25) is 9.78 Å². The molecule has 1 amide bonds. The number of aromatic nitrogens is 5. The number of pyridine rings is 1. The van der Waals surface area contributed by atoms with Gasteiger partial charge in [-0.2, -0.15) is 18.3 Å². The first-order valence-electron chi connectivity index (χ1n) is 12.3. The van der Waals surface area contributed by atoms with Crippen molar-refractivity contribution in [1.82, 2.24) is 29.6 Å². The van der Waals surface area contributed by atoms with Crippen molar-refractivity contribution in [2.45, 2.75) is 43.9 Å². The van der Waals surface area contributed by atoms with Crippen LogP contribution in [0, 0.1) is 0 Å². The number of nitrogens with zero attached hydrogens (tertiary/aromatic N) is 5. The highest BCUT2D eigenvalue weighted by atomic mass is 19.4. The molecule has 2 aliphatic rings. The van der Waals surface area contributed by atoms with Gasteiger partial charge in [0.05, 0.1) is 40.4 Å². The highest BCUT2D eigenvalue weighted by Gasteiger charge is 2.39. The number of benzene rings is 1. The first-order valence-corrected chi connectivity index (χ1v) is 12.3. The number of alkyl halides is 3. The Balaban J connectivity index is 1.51. The molecule has 1 fully saturated rings. The number of fused-ring (bicyclic) bond motifs is 1. The van der Waals surface area contributed by atoms with Gasteiger partial charge in [-0.05, 0) is 49.6 Å². The fraction of sp³-hybridized carbons (Fsp3) is 0.259. The molecule has 194 valence electrons. The van der Waals surface area contributed by atoms with Crippen LogP contribution in [0.4, 0.5) is 13.2 Å². The van der Waals surface area contributed by atoms with E-state index in [0.29, 0.717) is 28.2 Å². The SMILES string of the molecule is NC(=O)C1=CC=C(n2nc(C(F)(F)F)c3c(-n4cnc(-c5cccnc5)c4)cccc32)C(NC2CCC2)C1. The third kappa shape index (κ3) is 4.28. The van der Waals surface area contributed by atoms with Gasteiger partial charge in [0.15, 0.2) is 5.69 Å². The lowest BCUT2D eigenvalue weighted by Gasteiger charge is -2.34. The van der Waals surface area contributed by atoms with Gasteiger partial charge in [-0.25, -0.2) is 9.67 Å². The summed E-state index contributed by atoms with van der Waals surface area (Å²) in [5, 5.41) is 7.55. The third-order valence-corrected chi connectivity index (χ3v) is 7.11. The zero-order valence-corrected chi connectivity index (χ0v) is 20.2. The van der Waals surface area contributed by atoms with Crippen molar-refractivity contribution in [3.05, 3.63) is 78.7 Å². The van der Waals surface area contributed by atoms with Crippen LogP contribution in [0.2, 0.25) is 0 Å². The molecule has 4 aromatic rings. The van der Waals surface area contributed by atoms with Gasteiger partial charge in [0.1, 0.15) is 0 Å². The van der Waals surface area contributed by atoms with E-state index in [9.17, 15) is 18.0 Å². The summed E-state index contributed by atoms with van der Waals surface area (Å²) in [5.74, 6) is -0.547. The van der Waals surface area contributed by atoms with Crippen LogP contribution >= 0.6 is 0 Å². The van der Waals surface area contributed by atoms with Crippen molar-refractivity contribution in [2.24, 2.45) is 5.73 Å². The van der Waals surface area contributed by atoms with Crippen LogP contribution in [0.5, 0.6) is 0 Å². The van der Waals surface area contributed by atoms with Gasteiger partial charge in [0.2, 0.25) is 5.91 Å². The number of hydrogen-bond donors (Lipinski definition) is 2. The van der Waals surface area contributed by atoms with Crippen LogP contribution in [0.25, 0.3) is 33.5 Å². The Morgan fingerprint density at radius 1 is 1.13 bits per heavy atom. The molecule has 3 aromatic heterocycles. The molecule has 1 unspecified atom stereocenters. The topological polar surface area (TPSA) is 104 Å². The first-order chi connectivity index (χ1) is 18.3. The van der Waals surface area contributed by atoms with Crippen LogP contribution in [0.1, 0.15) is 31.4 Å². The molecule has 0 radical (unpaired) electrons. The number of carbonyl (C=O) groups is 1. The van der Waals surface area contributed by atoms with Crippen molar-refractivity contribution in [2.75, 3.05) is 0 Å². The summed E-state index contributed by atoms with van der Waals surface area (Å²) < 4.78 is 46.1. The lowest BCUT2D eigenvalue weighted by molar-refractivity contribution is -0.140. The molecule has 3 N–H and O–H groups in total. The van der Waals surface area contributed by atoms with Gasteiger partial charge in [-0.1, -0.05) is 18.6 Å². The minimum absolute atomic E-state index is 0.0388. The summed E-state index contributed by atoms with van der Waals surface area (Å²) in [4.78, 5) is 20.4. The number of hydrogen-bond acceptors (Lipinski definition) is 5. The van der Waals surface area contributed by atoms with Crippen LogP contribution in [0.3, 0.4) is 0 Å². The second kappa shape index (κ2) is 9.25. The Morgan fingerprint density at radius 3 is 2.66 bits per heavy atom. The van der Waals surface area contributed by atoms with Gasteiger partial charge >= 0.3 is 6.18 Å². The molecule has 0 bridgehead atoms. The number of nitrogens with two attached hydrogens (primary N) is 1. The molecule has 1 saturated carbocycles. The zero-order valence-electron chi connectivity index (χ0n) is 20.2. The third-order valence-electron chi connectivity index (χ3n) is 7.11.